The van der Waals surface area contributed by atoms with Crippen molar-refractivity contribution in [3.63, 3.8) is 0 Å². The van der Waals surface area contributed by atoms with Gasteiger partial charge in [0, 0.05) is 12.7 Å². The maximum atomic E-state index is 13.6. The largest absolute Gasteiger partial charge is 0.369 e. The molecule has 0 saturated heterocycles. The van der Waals surface area contributed by atoms with E-state index < -0.39 is 27.3 Å². The highest BCUT2D eigenvalue weighted by Gasteiger charge is 2.21. The van der Waals surface area contributed by atoms with Gasteiger partial charge in [-0.1, -0.05) is 6.07 Å². The molecular formula is C13H13F2N3O2S. The fraction of sp³-hybridized carbons (Fsp3) is 0.154. The first-order chi connectivity index (χ1) is 9.95. The minimum Gasteiger partial charge on any atom is -0.369 e. The minimum atomic E-state index is -4.09. The summed E-state index contributed by atoms with van der Waals surface area (Å²) < 4.78 is 53.3. The average molecular weight is 313 g/mol. The molecule has 0 fully saturated rings. The van der Waals surface area contributed by atoms with Gasteiger partial charge < -0.3 is 5.32 Å². The summed E-state index contributed by atoms with van der Waals surface area (Å²) in [7, 11) is -4.09. The second-order valence-electron chi connectivity index (χ2n) is 4.09. The molecule has 1 heterocycles. The molecule has 0 aliphatic rings. The molecule has 0 unspecified atom stereocenters. The summed E-state index contributed by atoms with van der Waals surface area (Å²) in [6, 6.07) is 6.02. The van der Waals surface area contributed by atoms with E-state index in [9.17, 15) is 17.2 Å². The normalized spacial score (nSPS) is 11.2. The van der Waals surface area contributed by atoms with Crippen LogP contribution in [0.4, 0.5) is 20.3 Å². The molecule has 112 valence electrons. The Bertz CT molecular complexity index is 751. The number of rotatable bonds is 5. The molecule has 2 rings (SSSR count). The summed E-state index contributed by atoms with van der Waals surface area (Å²) in [5.74, 6) is -2.24. The van der Waals surface area contributed by atoms with Crippen LogP contribution in [0.25, 0.3) is 0 Å². The van der Waals surface area contributed by atoms with Gasteiger partial charge >= 0.3 is 0 Å². The summed E-state index contributed by atoms with van der Waals surface area (Å²) in [6.45, 7) is 2.25. The maximum Gasteiger partial charge on any atom is 0.265 e. The van der Waals surface area contributed by atoms with Crippen LogP contribution in [-0.2, 0) is 10.0 Å². The molecule has 0 aliphatic heterocycles. The Morgan fingerprint density at radius 2 is 1.95 bits per heavy atom. The number of sulfonamides is 1. The van der Waals surface area contributed by atoms with Crippen LogP contribution in [0, 0.1) is 11.6 Å². The fourth-order valence-electron chi connectivity index (χ4n) is 1.69. The Balaban J connectivity index is 2.41. The molecule has 21 heavy (non-hydrogen) atoms. The van der Waals surface area contributed by atoms with Gasteiger partial charge in [0.25, 0.3) is 10.0 Å². The molecule has 0 bridgehead atoms. The van der Waals surface area contributed by atoms with Crippen LogP contribution in [-0.4, -0.2) is 19.9 Å². The molecule has 8 heteroatoms. The number of halogens is 2. The smallest absolute Gasteiger partial charge is 0.265 e. The number of anilines is 2. The molecule has 0 aliphatic carbocycles. The zero-order valence-corrected chi connectivity index (χ0v) is 11.9. The van der Waals surface area contributed by atoms with Crippen LogP contribution >= 0.6 is 0 Å². The van der Waals surface area contributed by atoms with Gasteiger partial charge in [0.1, 0.15) is 10.7 Å². The van der Waals surface area contributed by atoms with Crippen LogP contribution in [0.1, 0.15) is 6.92 Å². The van der Waals surface area contributed by atoms with Crippen molar-refractivity contribution in [3.05, 3.63) is 48.2 Å². The van der Waals surface area contributed by atoms with Gasteiger partial charge in [-0.2, -0.15) is 0 Å². The highest BCUT2D eigenvalue weighted by atomic mass is 32.2. The standard InChI is InChI=1S/C13H13F2N3O2S/c1-2-16-13-11(7-4-8-17-13)21(19,20)18-10-6-3-5-9(14)12(10)15/h3-8,18H,2H2,1H3,(H,16,17). The van der Waals surface area contributed by atoms with Crippen LogP contribution in [0.5, 0.6) is 0 Å². The minimum absolute atomic E-state index is 0.143. The van der Waals surface area contributed by atoms with E-state index in [0.29, 0.717) is 6.54 Å². The van der Waals surface area contributed by atoms with Gasteiger partial charge in [-0.15, -0.1) is 0 Å². The monoisotopic (exact) mass is 313 g/mol. The molecule has 2 aromatic rings. The Morgan fingerprint density at radius 3 is 2.67 bits per heavy atom. The predicted molar refractivity (Wildman–Crippen MR) is 75.6 cm³/mol. The molecule has 0 radical (unpaired) electrons. The number of hydrogen-bond donors (Lipinski definition) is 2. The lowest BCUT2D eigenvalue weighted by Crippen LogP contribution is -2.17. The maximum absolute atomic E-state index is 13.6. The molecule has 0 saturated carbocycles. The molecule has 5 nitrogen and oxygen atoms in total. The third-order valence-corrected chi connectivity index (χ3v) is 4.00. The van der Waals surface area contributed by atoms with Crippen molar-refractivity contribution in [2.24, 2.45) is 0 Å². The van der Waals surface area contributed by atoms with Crippen LogP contribution in [0.15, 0.2) is 41.4 Å². The van der Waals surface area contributed by atoms with Gasteiger partial charge in [-0.25, -0.2) is 22.2 Å². The van der Waals surface area contributed by atoms with Crippen molar-refractivity contribution >= 4 is 21.5 Å². The second kappa shape index (κ2) is 6.04. The van der Waals surface area contributed by atoms with E-state index in [0.717, 1.165) is 12.1 Å². The summed E-state index contributed by atoms with van der Waals surface area (Å²) in [5.41, 5.74) is -0.457. The summed E-state index contributed by atoms with van der Waals surface area (Å²) >= 11 is 0. The van der Waals surface area contributed by atoms with Crippen molar-refractivity contribution in [1.82, 2.24) is 4.98 Å². The molecule has 0 spiro atoms. The summed E-state index contributed by atoms with van der Waals surface area (Å²) in [4.78, 5) is 3.78. The highest BCUT2D eigenvalue weighted by molar-refractivity contribution is 7.92. The zero-order chi connectivity index (χ0) is 15.5. The van der Waals surface area contributed by atoms with Crippen LogP contribution < -0.4 is 10.0 Å². The first-order valence-electron chi connectivity index (χ1n) is 6.11. The van der Waals surface area contributed by atoms with E-state index in [4.69, 9.17) is 0 Å². The first-order valence-corrected chi connectivity index (χ1v) is 7.59. The van der Waals surface area contributed by atoms with Crippen molar-refractivity contribution in [2.45, 2.75) is 11.8 Å². The van der Waals surface area contributed by atoms with E-state index in [-0.39, 0.29) is 10.7 Å². The van der Waals surface area contributed by atoms with E-state index in [1.807, 2.05) is 4.72 Å². The number of nitrogens with zero attached hydrogens (tertiary/aromatic N) is 1. The molecule has 0 atom stereocenters. The molecule has 1 aromatic carbocycles. The SMILES string of the molecule is CCNc1ncccc1S(=O)(=O)Nc1cccc(F)c1F. The quantitative estimate of drug-likeness (QED) is 0.890. The lowest BCUT2D eigenvalue weighted by molar-refractivity contribution is 0.511. The van der Waals surface area contributed by atoms with E-state index >= 15 is 0 Å². The van der Waals surface area contributed by atoms with Gasteiger partial charge in [0.2, 0.25) is 0 Å². The van der Waals surface area contributed by atoms with Crippen molar-refractivity contribution in [3.8, 4) is 0 Å². The van der Waals surface area contributed by atoms with Gasteiger partial charge in [-0.3, -0.25) is 4.72 Å². The lowest BCUT2D eigenvalue weighted by atomic mass is 10.3. The van der Waals surface area contributed by atoms with E-state index in [1.54, 1.807) is 6.92 Å². The number of nitrogens with one attached hydrogen (secondary N) is 2. The Kier molecular flexibility index (Phi) is 4.37. The van der Waals surface area contributed by atoms with Crippen molar-refractivity contribution in [1.29, 1.82) is 0 Å². The Labute approximate surface area is 121 Å². The Hall–Kier alpha value is -2.22. The summed E-state index contributed by atoms with van der Waals surface area (Å²) in [6.07, 6.45) is 1.43. The lowest BCUT2D eigenvalue weighted by Gasteiger charge is -2.12. The van der Waals surface area contributed by atoms with Crippen molar-refractivity contribution < 1.29 is 17.2 Å². The van der Waals surface area contributed by atoms with Gasteiger partial charge in [0.05, 0.1) is 5.69 Å². The highest BCUT2D eigenvalue weighted by Crippen LogP contribution is 2.24. The second-order valence-corrected chi connectivity index (χ2v) is 5.74. The number of pyridine rings is 1. The molecular weight excluding hydrogens is 300 g/mol. The van der Waals surface area contributed by atoms with Crippen LogP contribution in [0.2, 0.25) is 0 Å². The average Bonchev–Trinajstić information content (AvgIpc) is 2.44. The predicted octanol–water partition coefficient (Wildman–Crippen LogP) is 2.59. The Morgan fingerprint density at radius 1 is 1.19 bits per heavy atom. The third kappa shape index (κ3) is 3.27. The summed E-state index contributed by atoms with van der Waals surface area (Å²) in [5, 5.41) is 2.80. The first kappa shape index (κ1) is 15.2. The van der Waals surface area contributed by atoms with Gasteiger partial charge in [-0.05, 0) is 31.2 Å². The van der Waals surface area contributed by atoms with E-state index in [1.165, 1.54) is 24.4 Å². The third-order valence-electron chi connectivity index (χ3n) is 2.60. The number of aromatic nitrogens is 1. The van der Waals surface area contributed by atoms with E-state index in [2.05, 4.69) is 10.3 Å². The zero-order valence-electron chi connectivity index (χ0n) is 11.1. The van der Waals surface area contributed by atoms with Crippen molar-refractivity contribution in [2.75, 3.05) is 16.6 Å². The number of hydrogen-bond acceptors (Lipinski definition) is 4. The number of benzene rings is 1. The fourth-order valence-corrected chi connectivity index (χ4v) is 2.88. The van der Waals surface area contributed by atoms with Gasteiger partial charge in [0.15, 0.2) is 11.6 Å². The molecule has 0 amide bonds. The van der Waals surface area contributed by atoms with Crippen LogP contribution in [0.3, 0.4) is 0 Å². The molecule has 1 aromatic heterocycles. The topological polar surface area (TPSA) is 71.1 Å². The molecule has 2 N–H and O–H groups in total.